The van der Waals surface area contributed by atoms with Crippen molar-refractivity contribution in [1.29, 1.82) is 0 Å². The Bertz CT molecular complexity index is 1550. The van der Waals surface area contributed by atoms with Crippen molar-refractivity contribution in [1.82, 2.24) is 24.3 Å². The first-order valence-electron chi connectivity index (χ1n) is 13.8. The number of benzene rings is 1. The van der Waals surface area contributed by atoms with Gasteiger partial charge in [-0.1, -0.05) is 0 Å². The molecular formula is C29H33N7O3. The van der Waals surface area contributed by atoms with Crippen LogP contribution in [0.25, 0.3) is 22.3 Å². The Kier molecular flexibility index (Phi) is 5.99. The van der Waals surface area contributed by atoms with Crippen molar-refractivity contribution in [2.24, 2.45) is 18.9 Å². The van der Waals surface area contributed by atoms with Gasteiger partial charge in [-0.25, -0.2) is 9.67 Å². The van der Waals surface area contributed by atoms with Gasteiger partial charge in [-0.05, 0) is 74.8 Å². The monoisotopic (exact) mass is 527 g/mol. The Balaban J connectivity index is 1.28. The first-order chi connectivity index (χ1) is 19.0. The molecule has 7 rings (SSSR count). The molecule has 0 unspecified atom stereocenters. The lowest BCUT2D eigenvalue weighted by Crippen LogP contribution is -2.40. The first kappa shape index (κ1) is 24.1. The predicted molar refractivity (Wildman–Crippen MR) is 148 cm³/mol. The summed E-state index contributed by atoms with van der Waals surface area (Å²) >= 11 is 0. The van der Waals surface area contributed by atoms with E-state index in [9.17, 15) is 4.79 Å². The molecule has 3 aliphatic rings. The summed E-state index contributed by atoms with van der Waals surface area (Å²) in [6, 6.07) is 10.2. The highest BCUT2D eigenvalue weighted by Gasteiger charge is 2.32. The number of ether oxygens (including phenoxy) is 2. The van der Waals surface area contributed by atoms with E-state index in [1.165, 1.54) is 12.8 Å². The molecule has 1 amide bonds. The average Bonchev–Trinajstić information content (AvgIpc) is 3.59. The number of carbonyl (C=O) groups is 1. The van der Waals surface area contributed by atoms with Gasteiger partial charge in [0.05, 0.1) is 54.4 Å². The molecule has 3 aromatic heterocycles. The van der Waals surface area contributed by atoms with E-state index < -0.39 is 0 Å². The second kappa shape index (κ2) is 9.68. The minimum absolute atomic E-state index is 0.222. The maximum absolute atomic E-state index is 13.6. The van der Waals surface area contributed by atoms with Gasteiger partial charge in [-0.2, -0.15) is 5.10 Å². The number of carbonyl (C=O) groups excluding carboxylic acids is 1. The van der Waals surface area contributed by atoms with Crippen LogP contribution in [0.3, 0.4) is 0 Å². The van der Waals surface area contributed by atoms with Crippen LogP contribution in [0.15, 0.2) is 36.5 Å². The quantitative estimate of drug-likeness (QED) is 0.407. The summed E-state index contributed by atoms with van der Waals surface area (Å²) in [7, 11) is 1.88. The van der Waals surface area contributed by atoms with Crippen molar-refractivity contribution in [3.05, 3.63) is 47.8 Å². The lowest BCUT2D eigenvalue weighted by atomic mass is 9.98. The predicted octanol–water partition coefficient (Wildman–Crippen LogP) is 4.40. The van der Waals surface area contributed by atoms with E-state index in [1.54, 1.807) is 23.0 Å². The summed E-state index contributed by atoms with van der Waals surface area (Å²) in [4.78, 5) is 23.2. The molecule has 2 fully saturated rings. The van der Waals surface area contributed by atoms with Crippen LogP contribution in [0.2, 0.25) is 0 Å². The minimum Gasteiger partial charge on any atom is -0.477 e. The molecule has 5 heterocycles. The maximum Gasteiger partial charge on any atom is 0.258 e. The highest BCUT2D eigenvalue weighted by molar-refractivity contribution is 6.05. The maximum atomic E-state index is 13.6. The van der Waals surface area contributed by atoms with E-state index >= 15 is 0 Å². The summed E-state index contributed by atoms with van der Waals surface area (Å²) in [5.41, 5.74) is 5.60. The molecule has 0 radical (unpaired) electrons. The largest absolute Gasteiger partial charge is 0.477 e. The number of fused-ring (bicyclic) bond motifs is 7. The van der Waals surface area contributed by atoms with Crippen LogP contribution in [-0.4, -0.2) is 56.1 Å². The van der Waals surface area contributed by atoms with E-state index in [4.69, 9.17) is 19.4 Å². The molecule has 1 atom stereocenters. The molecule has 39 heavy (non-hydrogen) atoms. The number of anilines is 2. The topological polar surface area (TPSA) is 108 Å². The van der Waals surface area contributed by atoms with Crippen LogP contribution in [0.5, 0.6) is 5.88 Å². The van der Waals surface area contributed by atoms with Gasteiger partial charge in [0.15, 0.2) is 0 Å². The zero-order chi connectivity index (χ0) is 26.5. The van der Waals surface area contributed by atoms with Gasteiger partial charge in [0.2, 0.25) is 11.8 Å². The highest BCUT2D eigenvalue weighted by atomic mass is 16.5. The van der Waals surface area contributed by atoms with Gasteiger partial charge in [0.1, 0.15) is 0 Å². The third kappa shape index (κ3) is 4.73. The van der Waals surface area contributed by atoms with E-state index in [1.807, 2.05) is 14.0 Å². The molecule has 1 saturated carbocycles. The van der Waals surface area contributed by atoms with Crippen LogP contribution in [0, 0.1) is 18.8 Å². The molecular weight excluding hydrogens is 494 g/mol. The molecule has 202 valence electrons. The average molecular weight is 528 g/mol. The van der Waals surface area contributed by atoms with E-state index in [2.05, 4.69) is 38.5 Å². The fourth-order valence-corrected chi connectivity index (χ4v) is 5.70. The summed E-state index contributed by atoms with van der Waals surface area (Å²) in [6.07, 6.45) is 6.28. The Morgan fingerprint density at radius 1 is 1.05 bits per heavy atom. The Morgan fingerprint density at radius 3 is 2.72 bits per heavy atom. The molecule has 10 nitrogen and oxygen atoms in total. The number of pyridine rings is 1. The third-order valence-electron chi connectivity index (χ3n) is 8.04. The number of rotatable bonds is 3. The fourth-order valence-electron chi connectivity index (χ4n) is 5.70. The zero-order valence-corrected chi connectivity index (χ0v) is 22.3. The normalized spacial score (nSPS) is 20.2. The van der Waals surface area contributed by atoms with Crippen molar-refractivity contribution in [3.8, 4) is 17.1 Å². The van der Waals surface area contributed by atoms with Gasteiger partial charge < -0.3 is 19.4 Å². The third-order valence-corrected chi connectivity index (χ3v) is 8.04. The van der Waals surface area contributed by atoms with Crippen molar-refractivity contribution < 1.29 is 14.3 Å². The molecule has 1 saturated heterocycles. The number of hydrogen-bond donors (Lipinski definition) is 2. The number of aryl methyl sites for hydroxylation is 3. The Labute approximate surface area is 226 Å². The minimum atomic E-state index is -0.222. The van der Waals surface area contributed by atoms with Crippen LogP contribution in [0.4, 0.5) is 11.6 Å². The van der Waals surface area contributed by atoms with Crippen LogP contribution >= 0.6 is 0 Å². The number of imidazole rings is 1. The van der Waals surface area contributed by atoms with Crippen molar-refractivity contribution in [2.45, 2.75) is 45.2 Å². The number of nitrogens with one attached hydrogen (secondary N) is 2. The van der Waals surface area contributed by atoms with Crippen LogP contribution in [0.1, 0.15) is 41.7 Å². The van der Waals surface area contributed by atoms with Gasteiger partial charge in [0, 0.05) is 30.5 Å². The van der Waals surface area contributed by atoms with E-state index in [0.717, 1.165) is 47.4 Å². The zero-order valence-electron chi connectivity index (χ0n) is 22.3. The summed E-state index contributed by atoms with van der Waals surface area (Å²) in [5.74, 6) is 2.19. The lowest BCUT2D eigenvalue weighted by molar-refractivity contribution is 0.0211. The number of aromatic nitrogens is 5. The lowest BCUT2D eigenvalue weighted by Gasteiger charge is -2.27. The first-order valence-corrected chi connectivity index (χ1v) is 13.8. The number of hydrogen-bond acceptors (Lipinski definition) is 7. The van der Waals surface area contributed by atoms with Crippen molar-refractivity contribution in [3.63, 3.8) is 0 Å². The molecule has 0 spiro atoms. The fraction of sp³-hybridized carbons (Fsp3) is 0.448. The summed E-state index contributed by atoms with van der Waals surface area (Å²) in [5, 5.41) is 11.0. The summed E-state index contributed by atoms with van der Waals surface area (Å²) in [6.45, 7) is 4.73. The Morgan fingerprint density at radius 2 is 1.92 bits per heavy atom. The molecule has 1 aromatic carbocycles. The molecule has 2 aliphatic heterocycles. The second-order valence-electron chi connectivity index (χ2n) is 11.0. The standard InChI is InChI=1S/C29H33N7O3/c1-17-10-20-11-24(31-17)23-13-30-35(2)28(23)39-14-19(18-5-6-18)4-3-9-36-26-8-7-21(32-22-15-38-16-22)12-25(26)33-29(36)34-27(20)37/h7-8,10-13,18-19,22,32H,3-6,9,14-16H2,1-2H3,(H,33,34,37)/t19-/m1/s1. The van der Waals surface area contributed by atoms with Gasteiger partial charge >= 0.3 is 0 Å². The van der Waals surface area contributed by atoms with Gasteiger partial charge in [-0.15, -0.1) is 0 Å². The van der Waals surface area contributed by atoms with Crippen molar-refractivity contribution in [2.75, 3.05) is 30.5 Å². The number of nitrogens with zero attached hydrogens (tertiary/aromatic N) is 5. The van der Waals surface area contributed by atoms with E-state index in [0.29, 0.717) is 60.8 Å². The highest BCUT2D eigenvalue weighted by Crippen LogP contribution is 2.40. The molecule has 10 heteroatoms. The Hall–Kier alpha value is -3.92. The second-order valence-corrected chi connectivity index (χ2v) is 11.0. The molecule has 4 aromatic rings. The molecule has 1 aliphatic carbocycles. The molecule has 2 bridgehead atoms. The van der Waals surface area contributed by atoms with Gasteiger partial charge in [0.25, 0.3) is 5.91 Å². The molecule has 2 N–H and O–H groups in total. The SMILES string of the molecule is Cc1cc2cc(n1)-c1cnn(C)c1OC[C@H](C1CC1)CCCn1c(nc3cc(NC4COC4)ccc31)NC2=O. The van der Waals surface area contributed by atoms with Gasteiger partial charge in [-0.3, -0.25) is 15.1 Å². The van der Waals surface area contributed by atoms with Crippen LogP contribution in [-0.2, 0) is 18.3 Å². The van der Waals surface area contributed by atoms with Crippen LogP contribution < -0.4 is 15.4 Å². The smallest absolute Gasteiger partial charge is 0.258 e. The van der Waals surface area contributed by atoms with E-state index in [-0.39, 0.29) is 5.91 Å². The number of amides is 1. The van der Waals surface area contributed by atoms with Crippen molar-refractivity contribution >= 4 is 28.6 Å². The summed E-state index contributed by atoms with van der Waals surface area (Å²) < 4.78 is 15.6.